The second kappa shape index (κ2) is 5.54. The molecule has 2 aromatic rings. The van der Waals surface area contributed by atoms with Gasteiger partial charge >= 0.3 is 0 Å². The summed E-state index contributed by atoms with van der Waals surface area (Å²) in [5.74, 6) is -0.113. The van der Waals surface area contributed by atoms with Gasteiger partial charge in [-0.25, -0.2) is 0 Å². The number of hydrogen-bond acceptors (Lipinski definition) is 4. The SMILES string of the molecule is O=C(NC1CCC(O)CC1)c1cccc2nccnc12. The van der Waals surface area contributed by atoms with Crippen molar-refractivity contribution in [2.24, 2.45) is 0 Å². The molecule has 0 unspecified atom stereocenters. The van der Waals surface area contributed by atoms with Crippen LogP contribution in [0.15, 0.2) is 30.6 Å². The Morgan fingerprint density at radius 3 is 2.70 bits per heavy atom. The van der Waals surface area contributed by atoms with Crippen molar-refractivity contribution in [1.82, 2.24) is 15.3 Å². The highest BCUT2D eigenvalue weighted by Crippen LogP contribution is 2.20. The number of rotatable bonds is 2. The smallest absolute Gasteiger partial charge is 0.253 e. The molecule has 1 fully saturated rings. The van der Waals surface area contributed by atoms with Crippen LogP contribution in [0.3, 0.4) is 0 Å². The third-order valence-electron chi connectivity index (χ3n) is 3.78. The molecule has 0 bridgehead atoms. The average molecular weight is 271 g/mol. The second-order valence-corrected chi connectivity index (χ2v) is 5.21. The maximum Gasteiger partial charge on any atom is 0.253 e. The van der Waals surface area contributed by atoms with Gasteiger partial charge in [0.2, 0.25) is 0 Å². The number of fused-ring (bicyclic) bond motifs is 1. The Kier molecular flexibility index (Phi) is 3.60. The van der Waals surface area contributed by atoms with Crippen molar-refractivity contribution in [3.05, 3.63) is 36.2 Å². The monoisotopic (exact) mass is 271 g/mol. The molecule has 0 aliphatic heterocycles. The number of aliphatic hydroxyl groups is 1. The quantitative estimate of drug-likeness (QED) is 0.871. The lowest BCUT2D eigenvalue weighted by molar-refractivity contribution is 0.0869. The molecular weight excluding hydrogens is 254 g/mol. The van der Waals surface area contributed by atoms with Gasteiger partial charge in [-0.15, -0.1) is 0 Å². The first kappa shape index (κ1) is 13.0. The Morgan fingerprint density at radius 2 is 1.90 bits per heavy atom. The van der Waals surface area contributed by atoms with Crippen LogP contribution in [0.2, 0.25) is 0 Å². The minimum Gasteiger partial charge on any atom is -0.393 e. The predicted octanol–water partition coefficient (Wildman–Crippen LogP) is 1.66. The largest absolute Gasteiger partial charge is 0.393 e. The van der Waals surface area contributed by atoms with E-state index in [-0.39, 0.29) is 18.1 Å². The van der Waals surface area contributed by atoms with Crippen LogP contribution in [0.1, 0.15) is 36.0 Å². The number of hydrogen-bond donors (Lipinski definition) is 2. The molecule has 1 aromatic carbocycles. The number of nitrogens with zero attached hydrogens (tertiary/aromatic N) is 2. The number of carbonyl (C=O) groups is 1. The summed E-state index contributed by atoms with van der Waals surface area (Å²) in [5.41, 5.74) is 1.91. The van der Waals surface area contributed by atoms with Crippen molar-refractivity contribution in [2.45, 2.75) is 37.8 Å². The first-order chi connectivity index (χ1) is 9.74. The van der Waals surface area contributed by atoms with E-state index >= 15 is 0 Å². The number of aliphatic hydroxyl groups excluding tert-OH is 1. The number of aromatic nitrogens is 2. The maximum absolute atomic E-state index is 12.4. The minimum atomic E-state index is -0.216. The first-order valence-electron chi connectivity index (χ1n) is 6.92. The van der Waals surface area contributed by atoms with E-state index in [1.54, 1.807) is 18.5 Å². The molecule has 5 heteroatoms. The molecule has 3 rings (SSSR count). The van der Waals surface area contributed by atoms with E-state index in [2.05, 4.69) is 15.3 Å². The summed E-state index contributed by atoms with van der Waals surface area (Å²) >= 11 is 0. The molecule has 1 saturated carbocycles. The van der Waals surface area contributed by atoms with Crippen LogP contribution < -0.4 is 5.32 Å². The van der Waals surface area contributed by atoms with Crippen LogP contribution >= 0.6 is 0 Å². The van der Waals surface area contributed by atoms with E-state index in [1.807, 2.05) is 12.1 Å². The number of nitrogens with one attached hydrogen (secondary N) is 1. The molecule has 1 amide bonds. The Hall–Kier alpha value is -2.01. The van der Waals surface area contributed by atoms with E-state index in [1.165, 1.54) is 0 Å². The molecule has 0 radical (unpaired) electrons. The number of benzene rings is 1. The molecule has 5 nitrogen and oxygen atoms in total. The Labute approximate surface area is 117 Å². The summed E-state index contributed by atoms with van der Waals surface area (Å²) in [6.07, 6.45) is 6.14. The predicted molar refractivity (Wildman–Crippen MR) is 75.3 cm³/mol. The Morgan fingerprint density at radius 1 is 1.15 bits per heavy atom. The molecule has 0 atom stereocenters. The zero-order valence-electron chi connectivity index (χ0n) is 11.1. The van der Waals surface area contributed by atoms with Gasteiger partial charge in [0.1, 0.15) is 5.52 Å². The molecule has 2 N–H and O–H groups in total. The standard InChI is InChI=1S/C15H17N3O2/c19-11-6-4-10(5-7-11)18-15(20)12-2-1-3-13-14(12)17-9-8-16-13/h1-3,8-11,19H,4-7H2,(H,18,20). The lowest BCUT2D eigenvalue weighted by atomic mass is 9.93. The van der Waals surface area contributed by atoms with Crippen molar-refractivity contribution < 1.29 is 9.90 Å². The summed E-state index contributed by atoms with van der Waals surface area (Å²) in [7, 11) is 0. The molecule has 104 valence electrons. The fourth-order valence-corrected chi connectivity index (χ4v) is 2.66. The summed E-state index contributed by atoms with van der Waals surface area (Å²) in [5, 5.41) is 12.5. The molecule has 0 spiro atoms. The van der Waals surface area contributed by atoms with Crippen molar-refractivity contribution in [1.29, 1.82) is 0 Å². The third-order valence-corrected chi connectivity index (χ3v) is 3.78. The highest BCUT2D eigenvalue weighted by Gasteiger charge is 2.22. The molecule has 1 aliphatic rings. The van der Waals surface area contributed by atoms with Crippen LogP contribution in [0.25, 0.3) is 11.0 Å². The van der Waals surface area contributed by atoms with Gasteiger partial charge in [0, 0.05) is 18.4 Å². The van der Waals surface area contributed by atoms with E-state index in [0.29, 0.717) is 11.1 Å². The third kappa shape index (κ3) is 2.63. The van der Waals surface area contributed by atoms with Gasteiger partial charge in [0.25, 0.3) is 5.91 Å². The molecule has 1 aromatic heterocycles. The maximum atomic E-state index is 12.4. The van der Waals surface area contributed by atoms with Gasteiger partial charge in [0.15, 0.2) is 0 Å². The van der Waals surface area contributed by atoms with Crippen molar-refractivity contribution in [3.8, 4) is 0 Å². The molecule has 1 aliphatic carbocycles. The number of para-hydroxylation sites is 1. The van der Waals surface area contributed by atoms with Crippen molar-refractivity contribution in [2.75, 3.05) is 0 Å². The molecule has 1 heterocycles. The van der Waals surface area contributed by atoms with Crippen molar-refractivity contribution in [3.63, 3.8) is 0 Å². The van der Waals surface area contributed by atoms with Crippen LogP contribution in [0, 0.1) is 0 Å². The van der Waals surface area contributed by atoms with E-state index in [0.717, 1.165) is 31.2 Å². The fourth-order valence-electron chi connectivity index (χ4n) is 2.66. The number of carbonyl (C=O) groups excluding carboxylic acids is 1. The molecule has 0 saturated heterocycles. The van der Waals surface area contributed by atoms with Gasteiger partial charge in [-0.05, 0) is 37.8 Å². The normalized spacial score (nSPS) is 22.6. The van der Waals surface area contributed by atoms with E-state index in [4.69, 9.17) is 0 Å². The zero-order valence-corrected chi connectivity index (χ0v) is 11.1. The van der Waals surface area contributed by atoms with Crippen LogP contribution in [-0.2, 0) is 0 Å². The first-order valence-corrected chi connectivity index (χ1v) is 6.92. The second-order valence-electron chi connectivity index (χ2n) is 5.21. The molecule has 20 heavy (non-hydrogen) atoms. The van der Waals surface area contributed by atoms with Crippen LogP contribution in [0.5, 0.6) is 0 Å². The summed E-state index contributed by atoms with van der Waals surface area (Å²) in [4.78, 5) is 20.8. The fraction of sp³-hybridized carbons (Fsp3) is 0.400. The summed E-state index contributed by atoms with van der Waals surface area (Å²) in [6.45, 7) is 0. The Balaban J connectivity index is 1.79. The van der Waals surface area contributed by atoms with E-state index < -0.39 is 0 Å². The minimum absolute atomic E-state index is 0.113. The lowest BCUT2D eigenvalue weighted by Gasteiger charge is -2.26. The van der Waals surface area contributed by atoms with Crippen molar-refractivity contribution >= 4 is 16.9 Å². The topological polar surface area (TPSA) is 75.1 Å². The highest BCUT2D eigenvalue weighted by molar-refractivity contribution is 6.04. The van der Waals surface area contributed by atoms with Gasteiger partial charge in [-0.1, -0.05) is 6.07 Å². The van der Waals surface area contributed by atoms with Gasteiger partial charge in [-0.2, -0.15) is 0 Å². The van der Waals surface area contributed by atoms with Crippen LogP contribution in [-0.4, -0.2) is 33.1 Å². The Bertz CT molecular complexity index is 616. The zero-order chi connectivity index (χ0) is 13.9. The summed E-state index contributed by atoms with van der Waals surface area (Å²) < 4.78 is 0. The van der Waals surface area contributed by atoms with Crippen LogP contribution in [0.4, 0.5) is 0 Å². The number of amides is 1. The lowest BCUT2D eigenvalue weighted by Crippen LogP contribution is -2.38. The molecular formula is C15H17N3O2. The average Bonchev–Trinajstić information content (AvgIpc) is 2.49. The van der Waals surface area contributed by atoms with Gasteiger partial charge in [-0.3, -0.25) is 14.8 Å². The van der Waals surface area contributed by atoms with E-state index in [9.17, 15) is 9.90 Å². The summed E-state index contributed by atoms with van der Waals surface area (Å²) in [6, 6.07) is 5.56. The van der Waals surface area contributed by atoms with Gasteiger partial charge < -0.3 is 10.4 Å². The highest BCUT2D eigenvalue weighted by atomic mass is 16.3. The van der Waals surface area contributed by atoms with Gasteiger partial charge in [0.05, 0.1) is 17.2 Å².